The van der Waals surface area contributed by atoms with Crippen LogP contribution >= 0.6 is 0 Å². The number of phenols is 1. The summed E-state index contributed by atoms with van der Waals surface area (Å²) in [5.41, 5.74) is -3.30. The lowest BCUT2D eigenvalue weighted by Gasteiger charge is -2.62. The van der Waals surface area contributed by atoms with Crippen molar-refractivity contribution in [2.45, 2.75) is 68.4 Å². The van der Waals surface area contributed by atoms with Crippen molar-refractivity contribution in [2.75, 3.05) is 25.0 Å². The number of phenolic OH excluding ortho intramolecular Hbond substituents is 1. The van der Waals surface area contributed by atoms with Gasteiger partial charge in [-0.05, 0) is 74.9 Å². The van der Waals surface area contributed by atoms with Gasteiger partial charge in [0.05, 0.1) is 40.0 Å². The third kappa shape index (κ3) is 3.98. The van der Waals surface area contributed by atoms with Crippen molar-refractivity contribution in [1.29, 1.82) is 0 Å². The summed E-state index contributed by atoms with van der Waals surface area (Å²) in [7, 11) is 0. The lowest BCUT2D eigenvalue weighted by molar-refractivity contribution is -0.172. The summed E-state index contributed by atoms with van der Waals surface area (Å²) in [4.78, 5) is 28.6. The van der Waals surface area contributed by atoms with E-state index in [-0.39, 0.29) is 35.7 Å². The third-order valence-electron chi connectivity index (χ3n) is 9.88. The van der Waals surface area contributed by atoms with Gasteiger partial charge in [0, 0.05) is 24.6 Å². The molecule has 12 heteroatoms. The van der Waals surface area contributed by atoms with Crippen LogP contribution in [-0.2, 0) is 27.5 Å². The van der Waals surface area contributed by atoms with Crippen molar-refractivity contribution >= 4 is 17.6 Å². The van der Waals surface area contributed by atoms with E-state index < -0.39 is 58.2 Å². The second-order valence-electron chi connectivity index (χ2n) is 12.2. The van der Waals surface area contributed by atoms with Crippen molar-refractivity contribution in [1.82, 2.24) is 4.90 Å². The Hall–Kier alpha value is -3.77. The van der Waals surface area contributed by atoms with Gasteiger partial charge in [0.2, 0.25) is 0 Å². The van der Waals surface area contributed by atoms with Crippen LogP contribution in [0, 0.1) is 5.92 Å². The molecule has 0 radical (unpaired) electrons. The molecule has 2 fully saturated rings. The summed E-state index contributed by atoms with van der Waals surface area (Å²) >= 11 is 0. The first kappa shape index (κ1) is 28.0. The number of likely N-dealkylation sites (tertiary alicyclic amines) is 1. The van der Waals surface area contributed by atoms with E-state index in [1.165, 1.54) is 13.0 Å². The lowest BCUT2D eigenvalue weighted by atomic mass is 9.49. The van der Waals surface area contributed by atoms with Crippen LogP contribution in [0.3, 0.4) is 0 Å². The highest BCUT2D eigenvalue weighted by atomic mass is 19.4. The van der Waals surface area contributed by atoms with Crippen molar-refractivity contribution < 1.29 is 47.6 Å². The molecule has 3 aliphatic carbocycles. The van der Waals surface area contributed by atoms with Crippen molar-refractivity contribution in [3.63, 3.8) is 0 Å². The van der Waals surface area contributed by atoms with E-state index in [0.29, 0.717) is 36.9 Å². The van der Waals surface area contributed by atoms with Crippen LogP contribution in [-0.4, -0.2) is 69.5 Å². The molecule has 2 aliphatic heterocycles. The number of aliphatic hydroxyl groups excluding tert-OH is 1. The minimum Gasteiger partial charge on any atom is -0.508 e. The number of hydrogen-bond acceptors (Lipinski definition) is 8. The quantitative estimate of drug-likeness (QED) is 0.363. The Morgan fingerprint density at radius 1 is 1.19 bits per heavy atom. The van der Waals surface area contributed by atoms with E-state index in [1.54, 1.807) is 0 Å². The van der Waals surface area contributed by atoms with Crippen LogP contribution < -0.4 is 10.1 Å². The molecule has 1 saturated carbocycles. The summed E-state index contributed by atoms with van der Waals surface area (Å²) in [5.74, 6) is -1.85. The molecule has 228 valence electrons. The number of benzene rings is 2. The molecular formula is C31H31F3N2O7. The van der Waals surface area contributed by atoms with Gasteiger partial charge in [-0.2, -0.15) is 13.2 Å². The Labute approximate surface area is 244 Å². The minimum absolute atomic E-state index is 0.0402. The normalized spacial score (nSPS) is 29.1. The molecule has 2 bridgehead atoms. The van der Waals surface area contributed by atoms with E-state index >= 15 is 0 Å². The third-order valence-corrected chi connectivity index (χ3v) is 9.88. The van der Waals surface area contributed by atoms with Gasteiger partial charge in [-0.25, -0.2) is 4.79 Å². The van der Waals surface area contributed by atoms with Crippen LogP contribution in [0.15, 0.2) is 41.7 Å². The van der Waals surface area contributed by atoms with E-state index in [2.05, 4.69) is 10.2 Å². The molecule has 4 atom stereocenters. The predicted molar refractivity (Wildman–Crippen MR) is 146 cm³/mol. The molecule has 1 spiro atoms. The zero-order chi connectivity index (χ0) is 30.5. The Bertz CT molecular complexity index is 1590. The van der Waals surface area contributed by atoms with Crippen molar-refractivity contribution in [3.05, 3.63) is 63.9 Å². The first-order chi connectivity index (χ1) is 20.4. The van der Waals surface area contributed by atoms with Crippen molar-refractivity contribution in [2.24, 2.45) is 5.92 Å². The monoisotopic (exact) mass is 600 g/mol. The van der Waals surface area contributed by atoms with Gasteiger partial charge in [0.1, 0.15) is 5.76 Å². The number of amides is 1. The number of halogens is 3. The van der Waals surface area contributed by atoms with Crippen molar-refractivity contribution in [3.8, 4) is 11.5 Å². The predicted octanol–water partition coefficient (Wildman–Crippen LogP) is 4.21. The average molecular weight is 601 g/mol. The van der Waals surface area contributed by atoms with Crippen LogP contribution in [0.4, 0.5) is 18.9 Å². The highest BCUT2D eigenvalue weighted by molar-refractivity contribution is 6.08. The molecule has 0 aromatic heterocycles. The molecule has 1 saturated heterocycles. The summed E-state index contributed by atoms with van der Waals surface area (Å²) < 4.78 is 51.9. The topological polar surface area (TPSA) is 129 Å². The van der Waals surface area contributed by atoms with Crippen LogP contribution in [0.5, 0.6) is 11.5 Å². The fourth-order valence-corrected chi connectivity index (χ4v) is 7.78. The molecule has 7 rings (SSSR count). The number of aliphatic hydroxyl groups is 2. The largest absolute Gasteiger partial charge is 0.508 e. The molecule has 43 heavy (non-hydrogen) atoms. The number of nitrogens with one attached hydrogen (secondary N) is 1. The first-order valence-corrected chi connectivity index (χ1v) is 14.5. The Balaban J connectivity index is 1.32. The highest BCUT2D eigenvalue weighted by Gasteiger charge is 2.73. The number of carbonyl (C=O) groups excluding carboxylic acids is 2. The van der Waals surface area contributed by atoms with E-state index in [9.17, 15) is 38.1 Å². The van der Waals surface area contributed by atoms with E-state index in [4.69, 9.17) is 9.47 Å². The Morgan fingerprint density at radius 3 is 2.65 bits per heavy atom. The van der Waals surface area contributed by atoms with Gasteiger partial charge in [-0.1, -0.05) is 6.07 Å². The number of aromatic hydroxyl groups is 1. The fourth-order valence-electron chi connectivity index (χ4n) is 7.78. The van der Waals surface area contributed by atoms with Gasteiger partial charge in [0.15, 0.2) is 17.6 Å². The number of esters is 1. The molecule has 0 unspecified atom stereocenters. The van der Waals surface area contributed by atoms with Crippen LogP contribution in [0.2, 0.25) is 0 Å². The SMILES string of the molecule is CCOC(=O)c1ccc(C(F)(F)F)cc1NC(=O)C1=C(O)[C@@H]2Oc3c(O)ccc4c3[C@@]23CCN(CC2CC2)[C@H](C4)[C@]3(O)C1. The number of hydrogen-bond donors (Lipinski definition) is 4. The van der Waals surface area contributed by atoms with Crippen LogP contribution in [0.25, 0.3) is 0 Å². The molecule has 5 aliphatic rings. The Morgan fingerprint density at radius 2 is 1.95 bits per heavy atom. The first-order valence-electron chi connectivity index (χ1n) is 14.5. The average Bonchev–Trinajstić information content (AvgIpc) is 3.69. The maximum atomic E-state index is 13.8. The van der Waals surface area contributed by atoms with Gasteiger partial charge in [-0.3, -0.25) is 9.69 Å². The second-order valence-corrected chi connectivity index (χ2v) is 12.2. The molecular weight excluding hydrogens is 569 g/mol. The molecule has 9 nitrogen and oxygen atoms in total. The number of rotatable bonds is 6. The number of carbonyl (C=O) groups is 2. The maximum absolute atomic E-state index is 13.8. The molecule has 2 heterocycles. The Kier molecular flexibility index (Phi) is 6.10. The summed E-state index contributed by atoms with van der Waals surface area (Å²) in [6.45, 7) is 2.90. The summed E-state index contributed by atoms with van der Waals surface area (Å²) in [6.07, 6.45) is -3.23. The number of ether oxygens (including phenoxy) is 2. The second kappa shape index (κ2) is 9.36. The minimum atomic E-state index is -4.76. The van der Waals surface area contributed by atoms with Crippen LogP contribution in [0.1, 0.15) is 59.7 Å². The molecule has 2 aromatic rings. The number of alkyl halides is 3. The maximum Gasteiger partial charge on any atom is 0.416 e. The zero-order valence-electron chi connectivity index (χ0n) is 23.3. The smallest absolute Gasteiger partial charge is 0.416 e. The number of nitrogens with zero attached hydrogens (tertiary/aromatic N) is 1. The molecule has 4 N–H and O–H groups in total. The zero-order valence-corrected chi connectivity index (χ0v) is 23.3. The summed E-state index contributed by atoms with van der Waals surface area (Å²) in [6, 6.07) is 5.18. The molecule has 1 amide bonds. The summed E-state index contributed by atoms with van der Waals surface area (Å²) in [5, 5.41) is 37.4. The number of anilines is 1. The van der Waals surface area contributed by atoms with Gasteiger partial charge in [0.25, 0.3) is 5.91 Å². The van der Waals surface area contributed by atoms with Gasteiger partial charge in [-0.15, -0.1) is 0 Å². The fraction of sp³-hybridized carbons (Fsp3) is 0.484. The standard InChI is InChI=1S/C31H31F3N2O7/c1-2-42-28(40)18-7-6-17(31(32,33)34)12-20(18)35-27(39)19-13-30(41)22-11-16-5-8-21(37)25-23(16)29(30,26(43-25)24(19)38)9-10-36(22)14-15-3-4-15/h5-8,12,15,22,26,37-38,41H,2-4,9-11,13-14H2,1H3,(H,35,39)/t22-,26+,29+,30-/m1/s1. The molecule has 2 aromatic carbocycles. The van der Waals surface area contributed by atoms with E-state index in [1.807, 2.05) is 6.07 Å². The van der Waals surface area contributed by atoms with E-state index in [0.717, 1.165) is 37.1 Å². The lowest BCUT2D eigenvalue weighted by Crippen LogP contribution is -2.75. The van der Waals surface area contributed by atoms with Gasteiger partial charge < -0.3 is 30.1 Å². The number of piperidine rings is 1. The highest BCUT2D eigenvalue weighted by Crippen LogP contribution is 2.66. The van der Waals surface area contributed by atoms with Gasteiger partial charge >= 0.3 is 12.1 Å².